The van der Waals surface area contributed by atoms with Crippen molar-refractivity contribution in [3.63, 3.8) is 0 Å². The highest BCUT2D eigenvalue weighted by Crippen LogP contribution is 2.35. The molecule has 0 radical (unpaired) electrons. The molecular weight excluding hydrogens is 432 g/mol. The van der Waals surface area contributed by atoms with E-state index in [-0.39, 0.29) is 5.91 Å². The Bertz CT molecular complexity index is 1200. The molecule has 0 fully saturated rings. The van der Waals surface area contributed by atoms with Gasteiger partial charge in [-0.1, -0.05) is 30.1 Å². The Labute approximate surface area is 187 Å². The summed E-state index contributed by atoms with van der Waals surface area (Å²) in [5, 5.41) is 11.1. The van der Waals surface area contributed by atoms with Crippen molar-refractivity contribution in [3.8, 4) is 6.07 Å². The summed E-state index contributed by atoms with van der Waals surface area (Å²) in [6, 6.07) is 20.1. The lowest BCUT2D eigenvalue weighted by molar-refractivity contribution is 0.0980. The molecule has 0 spiro atoms. The van der Waals surface area contributed by atoms with Crippen LogP contribution in [0.4, 0.5) is 10.8 Å². The molecule has 2 heterocycles. The van der Waals surface area contributed by atoms with Gasteiger partial charge in [-0.05, 0) is 48.7 Å². The van der Waals surface area contributed by atoms with E-state index in [4.69, 9.17) is 5.26 Å². The maximum atomic E-state index is 12.4. The minimum Gasteiger partial charge on any atom is -0.313 e. The normalized spacial score (nSPS) is 10.7. The van der Waals surface area contributed by atoms with Gasteiger partial charge in [0.15, 0.2) is 5.13 Å². The van der Waals surface area contributed by atoms with Crippen LogP contribution in [-0.2, 0) is 6.54 Å². The Kier molecular flexibility index (Phi) is 6.04. The third-order valence-electron chi connectivity index (χ3n) is 4.52. The SMILES string of the molecule is CSNC(=O)c1nc(N(Cc2cc3ccccc3s2)c2ccc(C#N)cc2)sc1C. The Morgan fingerprint density at radius 2 is 1.97 bits per heavy atom. The first-order valence-electron chi connectivity index (χ1n) is 9.15. The molecule has 2 aromatic carbocycles. The molecule has 0 aliphatic carbocycles. The highest BCUT2D eigenvalue weighted by molar-refractivity contribution is 7.97. The van der Waals surface area contributed by atoms with Crippen molar-refractivity contribution in [2.24, 2.45) is 0 Å². The van der Waals surface area contributed by atoms with Crippen molar-refractivity contribution in [3.05, 3.63) is 75.6 Å². The predicted molar refractivity (Wildman–Crippen MR) is 127 cm³/mol. The summed E-state index contributed by atoms with van der Waals surface area (Å²) in [4.78, 5) is 21.2. The summed E-state index contributed by atoms with van der Waals surface area (Å²) >= 11 is 4.50. The number of benzene rings is 2. The van der Waals surface area contributed by atoms with Crippen molar-refractivity contribution >= 4 is 61.4 Å². The second-order valence-corrected chi connectivity index (χ2v) is 9.49. The number of carbonyl (C=O) groups is 1. The van der Waals surface area contributed by atoms with Crippen LogP contribution < -0.4 is 9.62 Å². The molecular formula is C22H18N4OS3. The summed E-state index contributed by atoms with van der Waals surface area (Å²) < 4.78 is 3.99. The maximum Gasteiger partial charge on any atom is 0.280 e. The number of nitrogens with one attached hydrogen (secondary N) is 1. The Balaban J connectivity index is 1.74. The molecule has 8 heteroatoms. The van der Waals surface area contributed by atoms with E-state index in [0.29, 0.717) is 17.8 Å². The zero-order chi connectivity index (χ0) is 21.1. The smallest absolute Gasteiger partial charge is 0.280 e. The summed E-state index contributed by atoms with van der Waals surface area (Å²) in [6.45, 7) is 2.54. The predicted octanol–water partition coefficient (Wildman–Crippen LogP) is 5.88. The van der Waals surface area contributed by atoms with Gasteiger partial charge in [-0.25, -0.2) is 4.98 Å². The number of fused-ring (bicyclic) bond motifs is 1. The standard InChI is InChI=1S/C22H18N4OS3/c1-14-20(21(27)25-28-2)24-22(29-14)26(17-9-7-15(12-23)8-10-17)13-18-11-16-5-3-4-6-19(16)30-18/h3-11H,13H2,1-2H3,(H,25,27). The van der Waals surface area contributed by atoms with Crippen LogP contribution in [0, 0.1) is 18.3 Å². The van der Waals surface area contributed by atoms with Gasteiger partial charge < -0.3 is 4.90 Å². The van der Waals surface area contributed by atoms with Gasteiger partial charge >= 0.3 is 0 Å². The summed E-state index contributed by atoms with van der Waals surface area (Å²) in [5.74, 6) is -0.191. The molecule has 0 bridgehead atoms. The van der Waals surface area contributed by atoms with Gasteiger partial charge in [-0.15, -0.1) is 22.7 Å². The van der Waals surface area contributed by atoms with Gasteiger partial charge in [0.05, 0.1) is 18.2 Å². The number of nitriles is 1. The van der Waals surface area contributed by atoms with E-state index >= 15 is 0 Å². The van der Waals surface area contributed by atoms with Crippen LogP contribution in [0.3, 0.4) is 0 Å². The fraction of sp³-hybridized carbons (Fsp3) is 0.136. The highest BCUT2D eigenvalue weighted by atomic mass is 32.2. The van der Waals surface area contributed by atoms with Gasteiger partial charge in [0.1, 0.15) is 5.69 Å². The lowest BCUT2D eigenvalue weighted by Gasteiger charge is -2.21. The molecule has 0 aliphatic heterocycles. The Morgan fingerprint density at radius 3 is 2.67 bits per heavy atom. The number of aromatic nitrogens is 1. The highest BCUT2D eigenvalue weighted by Gasteiger charge is 2.21. The molecule has 0 saturated heterocycles. The molecule has 4 aromatic rings. The maximum absolute atomic E-state index is 12.4. The van der Waals surface area contributed by atoms with Crippen LogP contribution in [0.2, 0.25) is 0 Å². The van der Waals surface area contributed by atoms with Crippen molar-refractivity contribution in [2.45, 2.75) is 13.5 Å². The first kappa shape index (κ1) is 20.4. The second-order valence-electron chi connectivity index (χ2n) is 6.53. The van der Waals surface area contributed by atoms with Crippen LogP contribution in [0.15, 0.2) is 54.6 Å². The van der Waals surface area contributed by atoms with E-state index in [0.717, 1.165) is 15.7 Å². The molecule has 1 amide bonds. The number of anilines is 2. The van der Waals surface area contributed by atoms with Gasteiger partial charge in [-0.3, -0.25) is 9.52 Å². The van der Waals surface area contributed by atoms with E-state index in [1.54, 1.807) is 23.5 Å². The van der Waals surface area contributed by atoms with Gasteiger partial charge in [0.25, 0.3) is 5.91 Å². The Hall–Kier alpha value is -2.86. The number of hydrogen-bond donors (Lipinski definition) is 1. The minimum absolute atomic E-state index is 0.191. The third kappa shape index (κ3) is 4.19. The molecule has 150 valence electrons. The van der Waals surface area contributed by atoms with Crippen LogP contribution >= 0.6 is 34.6 Å². The number of rotatable bonds is 6. The third-order valence-corrected chi connectivity index (χ3v) is 7.01. The van der Waals surface area contributed by atoms with Gasteiger partial charge in [0, 0.05) is 26.4 Å². The number of hydrogen-bond acceptors (Lipinski definition) is 7. The average molecular weight is 451 g/mol. The zero-order valence-electron chi connectivity index (χ0n) is 16.4. The van der Waals surface area contributed by atoms with Crippen LogP contribution in [0.25, 0.3) is 10.1 Å². The van der Waals surface area contributed by atoms with E-state index in [2.05, 4.69) is 38.9 Å². The number of aryl methyl sites for hydroxylation is 1. The number of nitrogens with zero attached hydrogens (tertiary/aromatic N) is 3. The van der Waals surface area contributed by atoms with Crippen molar-refractivity contribution in [1.29, 1.82) is 5.26 Å². The summed E-state index contributed by atoms with van der Waals surface area (Å²) in [6.07, 6.45) is 1.81. The molecule has 2 aromatic heterocycles. The van der Waals surface area contributed by atoms with Crippen molar-refractivity contribution < 1.29 is 4.79 Å². The fourth-order valence-corrected chi connectivity index (χ4v) is 5.37. The molecule has 30 heavy (non-hydrogen) atoms. The van der Waals surface area contributed by atoms with Gasteiger partial charge in [-0.2, -0.15) is 5.26 Å². The fourth-order valence-electron chi connectivity index (χ4n) is 3.11. The molecule has 0 aliphatic rings. The monoisotopic (exact) mass is 450 g/mol. The average Bonchev–Trinajstić information content (AvgIpc) is 3.35. The second kappa shape index (κ2) is 8.88. The number of thiazole rings is 1. The Morgan fingerprint density at radius 1 is 1.20 bits per heavy atom. The molecule has 0 atom stereocenters. The molecule has 0 saturated carbocycles. The first-order chi connectivity index (χ1) is 14.6. The van der Waals surface area contributed by atoms with E-state index < -0.39 is 0 Å². The number of amides is 1. The van der Waals surface area contributed by atoms with Crippen LogP contribution in [0.5, 0.6) is 0 Å². The number of carbonyl (C=O) groups excluding carboxylic acids is 1. The van der Waals surface area contributed by atoms with Gasteiger partial charge in [0.2, 0.25) is 0 Å². The first-order valence-corrected chi connectivity index (χ1v) is 12.0. The summed E-state index contributed by atoms with van der Waals surface area (Å²) in [7, 11) is 0. The number of thiophene rings is 1. The minimum atomic E-state index is -0.191. The van der Waals surface area contributed by atoms with E-state index in [9.17, 15) is 4.79 Å². The lowest BCUT2D eigenvalue weighted by Crippen LogP contribution is -2.18. The zero-order valence-corrected chi connectivity index (χ0v) is 18.8. The molecule has 0 unspecified atom stereocenters. The van der Waals surface area contributed by atoms with E-state index in [1.165, 1.54) is 38.2 Å². The van der Waals surface area contributed by atoms with E-state index in [1.807, 2.05) is 37.4 Å². The molecule has 5 nitrogen and oxygen atoms in total. The van der Waals surface area contributed by atoms with Crippen LogP contribution in [-0.4, -0.2) is 17.1 Å². The lowest BCUT2D eigenvalue weighted by atomic mass is 10.2. The van der Waals surface area contributed by atoms with Crippen molar-refractivity contribution in [2.75, 3.05) is 11.2 Å². The topological polar surface area (TPSA) is 69.0 Å². The van der Waals surface area contributed by atoms with Crippen molar-refractivity contribution in [1.82, 2.24) is 9.71 Å². The molecule has 4 rings (SSSR count). The largest absolute Gasteiger partial charge is 0.313 e. The molecule has 1 N–H and O–H groups in total. The summed E-state index contributed by atoms with van der Waals surface area (Å²) in [5.41, 5.74) is 1.98. The quantitative estimate of drug-likeness (QED) is 0.371. The van der Waals surface area contributed by atoms with Crippen LogP contribution in [0.1, 0.15) is 25.8 Å².